The highest BCUT2D eigenvalue weighted by molar-refractivity contribution is 5.97. The number of imidazole rings is 1. The van der Waals surface area contributed by atoms with Crippen LogP contribution in [0.25, 0.3) is 11.0 Å². The fourth-order valence-corrected chi connectivity index (χ4v) is 2.24. The Morgan fingerprint density at radius 3 is 2.65 bits per heavy atom. The average Bonchev–Trinajstić information content (AvgIpc) is 2.68. The summed E-state index contributed by atoms with van der Waals surface area (Å²) in [6, 6.07) is 5.31. The lowest BCUT2D eigenvalue weighted by Gasteiger charge is -2.07. The second kappa shape index (κ2) is 5.50. The maximum atomic E-state index is 12.2. The Balaban J connectivity index is 2.53. The van der Waals surface area contributed by atoms with E-state index in [1.54, 1.807) is 34.4 Å². The summed E-state index contributed by atoms with van der Waals surface area (Å²) >= 11 is 0. The molecule has 1 aromatic carbocycles. The molecule has 0 aliphatic rings. The molecule has 6 heteroatoms. The number of methoxy groups -OCH3 is 1. The van der Waals surface area contributed by atoms with E-state index in [0.717, 1.165) is 11.0 Å². The van der Waals surface area contributed by atoms with Crippen LogP contribution in [0.15, 0.2) is 23.0 Å². The smallest absolute Gasteiger partial charge is 0.329 e. The first-order valence-electron chi connectivity index (χ1n) is 6.45. The summed E-state index contributed by atoms with van der Waals surface area (Å²) in [5.74, 6) is -0.224. The Kier molecular flexibility index (Phi) is 3.94. The molecular formula is C14H19N3O3. The Morgan fingerprint density at radius 1 is 1.35 bits per heavy atom. The number of benzene rings is 1. The number of nitrogens with one attached hydrogen (secondary N) is 1. The molecule has 0 fully saturated rings. The molecule has 1 heterocycles. The van der Waals surface area contributed by atoms with Crippen molar-refractivity contribution in [2.75, 3.05) is 13.8 Å². The van der Waals surface area contributed by atoms with Gasteiger partial charge in [0.05, 0.1) is 11.0 Å². The van der Waals surface area contributed by atoms with Crippen molar-refractivity contribution in [3.05, 3.63) is 34.2 Å². The summed E-state index contributed by atoms with van der Waals surface area (Å²) < 4.78 is 8.08. The number of hydrogen-bond acceptors (Lipinski definition) is 3. The number of aryl methyl sites for hydroxylation is 1. The Labute approximate surface area is 117 Å². The molecule has 0 unspecified atom stereocenters. The molecule has 0 radical (unpaired) electrons. The van der Waals surface area contributed by atoms with E-state index in [4.69, 9.17) is 4.74 Å². The maximum absolute atomic E-state index is 12.2. The monoisotopic (exact) mass is 277 g/mol. The number of hydrogen-bond donors (Lipinski definition) is 1. The minimum absolute atomic E-state index is 0.0689. The lowest BCUT2D eigenvalue weighted by molar-refractivity contribution is 0.0872. The molecule has 0 saturated heterocycles. The minimum Gasteiger partial charge on any atom is -0.364 e. The van der Waals surface area contributed by atoms with Crippen molar-refractivity contribution in [1.82, 2.24) is 14.5 Å². The number of aromatic nitrogens is 2. The second-order valence-electron chi connectivity index (χ2n) is 4.95. The normalized spacial score (nSPS) is 11.2. The molecule has 6 nitrogen and oxygen atoms in total. The fourth-order valence-electron chi connectivity index (χ4n) is 2.24. The summed E-state index contributed by atoms with van der Waals surface area (Å²) in [7, 11) is 3.22. The molecule has 2 rings (SSSR count). The standard InChI is InChI=1S/C14H19N3O3/c1-9(2)17-11-6-5-10(13(18)15-8-20-4)7-12(11)16(3)14(17)19/h5-7,9H,8H2,1-4H3,(H,15,18). The number of amides is 1. The first kappa shape index (κ1) is 14.3. The zero-order valence-corrected chi connectivity index (χ0v) is 12.1. The highest BCUT2D eigenvalue weighted by Gasteiger charge is 2.15. The third-order valence-corrected chi connectivity index (χ3v) is 3.24. The van der Waals surface area contributed by atoms with Gasteiger partial charge in [-0.2, -0.15) is 0 Å². The Bertz CT molecular complexity index is 697. The Morgan fingerprint density at radius 2 is 2.05 bits per heavy atom. The maximum Gasteiger partial charge on any atom is 0.329 e. The molecule has 1 N–H and O–H groups in total. The van der Waals surface area contributed by atoms with Crippen molar-refractivity contribution in [2.24, 2.45) is 7.05 Å². The van der Waals surface area contributed by atoms with Crippen LogP contribution in [-0.2, 0) is 11.8 Å². The summed E-state index contributed by atoms with van der Waals surface area (Å²) in [4.78, 5) is 24.1. The molecule has 0 bridgehead atoms. The predicted molar refractivity (Wildman–Crippen MR) is 76.9 cm³/mol. The third kappa shape index (κ3) is 2.34. The average molecular weight is 277 g/mol. The van der Waals surface area contributed by atoms with Gasteiger partial charge >= 0.3 is 5.69 Å². The zero-order chi connectivity index (χ0) is 14.9. The van der Waals surface area contributed by atoms with Crippen LogP contribution in [0.5, 0.6) is 0 Å². The number of ether oxygens (including phenoxy) is 1. The van der Waals surface area contributed by atoms with Crippen LogP contribution in [0.2, 0.25) is 0 Å². The molecule has 1 amide bonds. The van der Waals surface area contributed by atoms with Gasteiger partial charge in [0.15, 0.2) is 0 Å². The van der Waals surface area contributed by atoms with E-state index in [1.165, 1.54) is 7.11 Å². The van der Waals surface area contributed by atoms with E-state index in [2.05, 4.69) is 5.32 Å². The van der Waals surface area contributed by atoms with Gasteiger partial charge in [0.1, 0.15) is 6.73 Å². The first-order chi connectivity index (χ1) is 9.47. The van der Waals surface area contributed by atoms with Crippen molar-refractivity contribution in [1.29, 1.82) is 0 Å². The van der Waals surface area contributed by atoms with Gasteiger partial charge < -0.3 is 10.1 Å². The summed E-state index contributed by atoms with van der Waals surface area (Å²) in [6.45, 7) is 4.07. The summed E-state index contributed by atoms with van der Waals surface area (Å²) in [5.41, 5.74) is 2.00. The summed E-state index contributed by atoms with van der Waals surface area (Å²) in [5, 5.41) is 2.62. The SMILES string of the molecule is COCNC(=O)c1ccc2c(c1)n(C)c(=O)n2C(C)C. The van der Waals surface area contributed by atoms with E-state index < -0.39 is 0 Å². The Hall–Kier alpha value is -2.08. The first-order valence-corrected chi connectivity index (χ1v) is 6.45. The molecule has 0 saturated carbocycles. The molecule has 0 aliphatic carbocycles. The fraction of sp³-hybridized carbons (Fsp3) is 0.429. The van der Waals surface area contributed by atoms with Crippen LogP contribution in [0.3, 0.4) is 0 Å². The van der Waals surface area contributed by atoms with Gasteiger partial charge in [-0.3, -0.25) is 13.9 Å². The van der Waals surface area contributed by atoms with Crippen LogP contribution < -0.4 is 11.0 Å². The molecule has 0 spiro atoms. The largest absolute Gasteiger partial charge is 0.364 e. The van der Waals surface area contributed by atoms with Gasteiger partial charge in [0.25, 0.3) is 5.91 Å². The van der Waals surface area contributed by atoms with Crippen molar-refractivity contribution in [2.45, 2.75) is 19.9 Å². The molecule has 0 aliphatic heterocycles. The number of nitrogens with zero attached hydrogens (tertiary/aromatic N) is 2. The number of carbonyl (C=O) groups excluding carboxylic acids is 1. The molecule has 0 atom stereocenters. The number of fused-ring (bicyclic) bond motifs is 1. The highest BCUT2D eigenvalue weighted by Crippen LogP contribution is 2.18. The van der Waals surface area contributed by atoms with Gasteiger partial charge in [-0.15, -0.1) is 0 Å². The van der Waals surface area contributed by atoms with Gasteiger partial charge in [-0.05, 0) is 32.0 Å². The minimum atomic E-state index is -0.224. The lowest BCUT2D eigenvalue weighted by atomic mass is 10.2. The van der Waals surface area contributed by atoms with E-state index in [1.807, 2.05) is 13.8 Å². The quantitative estimate of drug-likeness (QED) is 0.855. The van der Waals surface area contributed by atoms with Crippen molar-refractivity contribution in [3.8, 4) is 0 Å². The molecule has 20 heavy (non-hydrogen) atoms. The van der Waals surface area contributed by atoms with Crippen LogP contribution in [0, 0.1) is 0 Å². The van der Waals surface area contributed by atoms with Crippen molar-refractivity contribution < 1.29 is 9.53 Å². The topological polar surface area (TPSA) is 65.3 Å². The van der Waals surface area contributed by atoms with E-state index in [0.29, 0.717) is 5.56 Å². The van der Waals surface area contributed by atoms with Crippen LogP contribution in [0.4, 0.5) is 0 Å². The van der Waals surface area contributed by atoms with E-state index in [9.17, 15) is 9.59 Å². The lowest BCUT2D eigenvalue weighted by Crippen LogP contribution is -2.25. The number of rotatable bonds is 4. The molecule has 1 aromatic heterocycles. The van der Waals surface area contributed by atoms with Gasteiger partial charge in [-0.1, -0.05) is 0 Å². The number of carbonyl (C=O) groups is 1. The summed E-state index contributed by atoms with van der Waals surface area (Å²) in [6.07, 6.45) is 0. The molecular weight excluding hydrogens is 258 g/mol. The van der Waals surface area contributed by atoms with Gasteiger partial charge in [0.2, 0.25) is 0 Å². The van der Waals surface area contributed by atoms with Crippen LogP contribution in [-0.4, -0.2) is 28.9 Å². The second-order valence-corrected chi connectivity index (χ2v) is 4.95. The van der Waals surface area contributed by atoms with Gasteiger partial charge in [0, 0.05) is 25.8 Å². The molecule has 108 valence electrons. The third-order valence-electron chi connectivity index (χ3n) is 3.24. The van der Waals surface area contributed by atoms with E-state index >= 15 is 0 Å². The van der Waals surface area contributed by atoms with Crippen LogP contribution in [0.1, 0.15) is 30.2 Å². The van der Waals surface area contributed by atoms with Crippen LogP contribution >= 0.6 is 0 Å². The van der Waals surface area contributed by atoms with Crippen molar-refractivity contribution in [3.63, 3.8) is 0 Å². The predicted octanol–water partition coefficient (Wildman–Crippen LogP) is 1.25. The van der Waals surface area contributed by atoms with Crippen molar-refractivity contribution >= 4 is 16.9 Å². The van der Waals surface area contributed by atoms with Gasteiger partial charge in [-0.25, -0.2) is 4.79 Å². The molecule has 2 aromatic rings. The zero-order valence-electron chi connectivity index (χ0n) is 12.1. The highest BCUT2D eigenvalue weighted by atomic mass is 16.5. The van der Waals surface area contributed by atoms with E-state index in [-0.39, 0.29) is 24.4 Å².